The highest BCUT2D eigenvalue weighted by Crippen LogP contribution is 2.67. The van der Waals surface area contributed by atoms with Crippen LogP contribution < -0.4 is 9.80 Å². The molecule has 0 amide bonds. The number of hydrogen-bond donors (Lipinski definition) is 0. The number of hydrogen-bond acceptors (Lipinski definition) is 2. The van der Waals surface area contributed by atoms with Crippen molar-refractivity contribution in [2.45, 2.75) is 38.0 Å². The van der Waals surface area contributed by atoms with Crippen molar-refractivity contribution in [3.8, 4) is 11.1 Å². The predicted molar refractivity (Wildman–Crippen MR) is 236 cm³/mol. The summed E-state index contributed by atoms with van der Waals surface area (Å²) in [6, 6.07) is 69.1. The van der Waals surface area contributed by atoms with Crippen molar-refractivity contribution in [1.82, 2.24) is 0 Å². The Bertz CT molecular complexity index is 2620. The van der Waals surface area contributed by atoms with Crippen LogP contribution in [0.25, 0.3) is 32.7 Å². The van der Waals surface area contributed by atoms with Crippen molar-refractivity contribution in [3.05, 3.63) is 194 Å². The highest BCUT2D eigenvalue weighted by Gasteiger charge is 2.59. The molecule has 5 atom stereocenters. The predicted octanol–water partition coefficient (Wildman–Crippen LogP) is 14.9. The maximum Gasteiger partial charge on any atom is 0.0540 e. The summed E-state index contributed by atoms with van der Waals surface area (Å²) in [5.74, 6) is 3.90. The Labute approximate surface area is 330 Å². The second kappa shape index (κ2) is 13.3. The average molecular weight is 723 g/mol. The van der Waals surface area contributed by atoms with Crippen LogP contribution in [0.3, 0.4) is 0 Å². The minimum atomic E-state index is 0.269. The molecular formula is C54H46N2. The minimum Gasteiger partial charge on any atom is -0.310 e. The minimum absolute atomic E-state index is 0.269. The number of anilines is 6. The molecule has 4 fully saturated rings. The van der Waals surface area contributed by atoms with E-state index in [1.54, 1.807) is 0 Å². The van der Waals surface area contributed by atoms with Crippen molar-refractivity contribution < 1.29 is 0 Å². The van der Waals surface area contributed by atoms with E-state index in [0.717, 1.165) is 46.4 Å². The quantitative estimate of drug-likeness (QED) is 0.144. The standard InChI is InChI=1S/C54H46N2/c1-54(35-40-33-39-34-50(40)51(39)36-54)41-25-29-45(30-26-41)56(44-27-23-38(24-28-44)37-13-5-2-6-14-37)53-22-12-20-47-46-19-11-21-52(48(46)31-32-49(47)53)55(42-15-7-3-8-16-42)43-17-9-4-10-18-43/h2-32,39-40,50-51H,33-36H2,1H3/t39-,40?,50?,51?,54?/m1/s1. The van der Waals surface area contributed by atoms with Gasteiger partial charge in [-0.1, -0.05) is 134 Å². The summed E-state index contributed by atoms with van der Waals surface area (Å²) in [6.45, 7) is 2.55. The molecule has 0 saturated heterocycles. The molecule has 2 heteroatoms. The van der Waals surface area contributed by atoms with Gasteiger partial charge in [-0.2, -0.15) is 0 Å². The van der Waals surface area contributed by atoms with Crippen LogP contribution in [0.15, 0.2) is 188 Å². The Kier molecular flexibility index (Phi) is 7.88. The number of rotatable bonds is 8. The third kappa shape index (κ3) is 5.46. The fourth-order valence-corrected chi connectivity index (χ4v) is 11.1. The average Bonchev–Trinajstić information content (AvgIpc) is 3.79. The van der Waals surface area contributed by atoms with E-state index in [4.69, 9.17) is 0 Å². The lowest BCUT2D eigenvalue weighted by atomic mass is 9.56. The van der Waals surface area contributed by atoms with Gasteiger partial charge in [0.15, 0.2) is 0 Å². The Hall–Kier alpha value is -6.12. The molecule has 0 radical (unpaired) electrons. The van der Waals surface area contributed by atoms with Crippen LogP contribution in [-0.2, 0) is 5.41 Å². The lowest BCUT2D eigenvalue weighted by molar-refractivity contribution is 0.0540. The summed E-state index contributed by atoms with van der Waals surface area (Å²) in [4.78, 5) is 4.85. The number of para-hydroxylation sites is 2. The molecule has 0 aliphatic heterocycles. The SMILES string of the molecule is CC1(c2ccc(N(c3ccc(-c4ccccc4)cc3)c3cccc4c3ccc3c(N(c5ccccc5)c5ccccc5)cccc34)cc2)CC2C[C@@H]3CC2C3C1. The molecule has 0 spiro atoms. The van der Waals surface area contributed by atoms with E-state index in [2.05, 4.69) is 205 Å². The van der Waals surface area contributed by atoms with Gasteiger partial charge < -0.3 is 9.80 Å². The normalized spacial score (nSPS) is 22.2. The second-order valence-electron chi connectivity index (χ2n) is 16.9. The largest absolute Gasteiger partial charge is 0.310 e. The van der Waals surface area contributed by atoms with Gasteiger partial charge in [0.25, 0.3) is 0 Å². The molecule has 4 saturated carbocycles. The van der Waals surface area contributed by atoms with E-state index in [0.29, 0.717) is 0 Å². The lowest BCUT2D eigenvalue weighted by Crippen LogP contribution is -2.42. The summed E-state index contributed by atoms with van der Waals surface area (Å²) in [5, 5.41) is 4.94. The van der Waals surface area contributed by atoms with Crippen molar-refractivity contribution in [2.24, 2.45) is 23.7 Å². The molecule has 8 aromatic carbocycles. The smallest absolute Gasteiger partial charge is 0.0540 e. The van der Waals surface area contributed by atoms with Gasteiger partial charge in [-0.15, -0.1) is 0 Å². The lowest BCUT2D eigenvalue weighted by Gasteiger charge is -2.48. The molecule has 272 valence electrons. The van der Waals surface area contributed by atoms with Crippen molar-refractivity contribution >= 4 is 55.7 Å². The highest BCUT2D eigenvalue weighted by molar-refractivity contribution is 6.16. The summed E-state index contributed by atoms with van der Waals surface area (Å²) in [5.41, 5.74) is 11.2. The van der Waals surface area contributed by atoms with Gasteiger partial charge in [0.1, 0.15) is 0 Å². The number of fused-ring (bicyclic) bond motifs is 3. The van der Waals surface area contributed by atoms with Crippen LogP contribution in [-0.4, -0.2) is 0 Å². The van der Waals surface area contributed by atoms with Gasteiger partial charge >= 0.3 is 0 Å². The van der Waals surface area contributed by atoms with Crippen LogP contribution in [0.4, 0.5) is 34.1 Å². The van der Waals surface area contributed by atoms with E-state index in [1.165, 1.54) is 75.3 Å². The van der Waals surface area contributed by atoms with E-state index in [1.807, 2.05) is 0 Å². The topological polar surface area (TPSA) is 6.48 Å². The molecule has 0 heterocycles. The number of nitrogens with zero attached hydrogens (tertiary/aromatic N) is 2. The molecule has 4 unspecified atom stereocenters. The summed E-state index contributed by atoms with van der Waals surface area (Å²) >= 11 is 0. The highest BCUT2D eigenvalue weighted by atomic mass is 15.1. The fraction of sp³-hybridized carbons (Fsp3) is 0.185. The molecule has 8 aromatic rings. The van der Waals surface area contributed by atoms with Gasteiger partial charge in [-0.25, -0.2) is 0 Å². The molecule has 2 nitrogen and oxygen atoms in total. The van der Waals surface area contributed by atoms with E-state index >= 15 is 0 Å². The van der Waals surface area contributed by atoms with Gasteiger partial charge in [0.2, 0.25) is 0 Å². The van der Waals surface area contributed by atoms with Crippen molar-refractivity contribution in [2.75, 3.05) is 9.80 Å². The second-order valence-corrected chi connectivity index (χ2v) is 16.9. The maximum absolute atomic E-state index is 2.55. The maximum atomic E-state index is 2.55. The first kappa shape index (κ1) is 33.2. The van der Waals surface area contributed by atoms with Crippen molar-refractivity contribution in [1.29, 1.82) is 0 Å². The Balaban J connectivity index is 1.04. The molecule has 4 aliphatic rings. The van der Waals surface area contributed by atoms with Gasteiger partial charge in [-0.3, -0.25) is 0 Å². The Morgan fingerprint density at radius 1 is 0.375 bits per heavy atom. The summed E-state index contributed by atoms with van der Waals surface area (Å²) < 4.78 is 0. The zero-order valence-electron chi connectivity index (χ0n) is 31.9. The van der Waals surface area contributed by atoms with Crippen LogP contribution in [0.5, 0.6) is 0 Å². The van der Waals surface area contributed by atoms with Gasteiger partial charge in [0, 0.05) is 33.5 Å². The zero-order chi connectivity index (χ0) is 37.2. The molecule has 0 aromatic heterocycles. The third-order valence-corrected chi connectivity index (χ3v) is 13.8. The zero-order valence-corrected chi connectivity index (χ0v) is 31.9. The molecule has 0 N–H and O–H groups in total. The molecule has 4 bridgehead atoms. The van der Waals surface area contributed by atoms with E-state index in [-0.39, 0.29) is 5.41 Å². The summed E-state index contributed by atoms with van der Waals surface area (Å²) in [7, 11) is 0. The number of benzene rings is 8. The van der Waals surface area contributed by atoms with Crippen molar-refractivity contribution in [3.63, 3.8) is 0 Å². The molecule has 56 heavy (non-hydrogen) atoms. The first-order chi connectivity index (χ1) is 27.6. The monoisotopic (exact) mass is 722 g/mol. The Morgan fingerprint density at radius 3 is 1.39 bits per heavy atom. The van der Waals surface area contributed by atoms with Crippen LogP contribution >= 0.6 is 0 Å². The van der Waals surface area contributed by atoms with Crippen LogP contribution in [0, 0.1) is 23.7 Å². The van der Waals surface area contributed by atoms with Gasteiger partial charge in [0.05, 0.1) is 11.4 Å². The van der Waals surface area contributed by atoms with E-state index in [9.17, 15) is 0 Å². The first-order valence-electron chi connectivity index (χ1n) is 20.5. The molecule has 12 rings (SSSR count). The Morgan fingerprint density at radius 2 is 0.857 bits per heavy atom. The van der Waals surface area contributed by atoms with Crippen LogP contribution in [0.2, 0.25) is 0 Å². The first-order valence-corrected chi connectivity index (χ1v) is 20.5. The third-order valence-electron chi connectivity index (χ3n) is 13.8. The summed E-state index contributed by atoms with van der Waals surface area (Å²) in [6.07, 6.45) is 5.68. The fourth-order valence-electron chi connectivity index (χ4n) is 11.1. The van der Waals surface area contributed by atoms with Gasteiger partial charge in [-0.05, 0) is 143 Å². The molecule has 4 aliphatic carbocycles. The molecular weight excluding hydrogens is 677 g/mol. The van der Waals surface area contributed by atoms with E-state index < -0.39 is 0 Å². The van der Waals surface area contributed by atoms with Crippen LogP contribution in [0.1, 0.15) is 38.2 Å².